The zero-order valence-electron chi connectivity index (χ0n) is 18.4. The first-order valence-electron chi connectivity index (χ1n) is 10.7. The molecular formula is C22H34IN5O3. The SMILES string of the molecule is CN(C)C(=O)CN=C(NCCc1ccco1)NCC(c1ccco1)N1CCCCC1.I. The first-order chi connectivity index (χ1) is 14.6. The van der Waals surface area contributed by atoms with E-state index in [1.54, 1.807) is 31.5 Å². The maximum absolute atomic E-state index is 12.0. The lowest BCUT2D eigenvalue weighted by Crippen LogP contribution is -2.45. The third kappa shape index (κ3) is 8.21. The van der Waals surface area contributed by atoms with E-state index >= 15 is 0 Å². The lowest BCUT2D eigenvalue weighted by molar-refractivity contribution is -0.127. The third-order valence-corrected chi connectivity index (χ3v) is 5.28. The number of nitrogens with zero attached hydrogens (tertiary/aromatic N) is 3. The number of carbonyl (C=O) groups is 1. The van der Waals surface area contributed by atoms with Crippen molar-refractivity contribution in [2.75, 3.05) is 46.8 Å². The number of guanidine groups is 1. The van der Waals surface area contributed by atoms with Gasteiger partial charge in [-0.1, -0.05) is 6.42 Å². The molecule has 172 valence electrons. The van der Waals surface area contributed by atoms with Gasteiger partial charge in [0.25, 0.3) is 0 Å². The molecule has 1 fully saturated rings. The Morgan fingerprint density at radius 2 is 1.87 bits per heavy atom. The summed E-state index contributed by atoms with van der Waals surface area (Å²) in [5, 5.41) is 6.73. The summed E-state index contributed by atoms with van der Waals surface area (Å²) in [5.74, 6) is 2.43. The first kappa shape index (κ1) is 25.3. The molecular weight excluding hydrogens is 509 g/mol. The number of rotatable bonds is 9. The molecule has 3 rings (SSSR count). The average molecular weight is 543 g/mol. The number of hydrogen-bond acceptors (Lipinski definition) is 5. The van der Waals surface area contributed by atoms with Crippen molar-refractivity contribution in [3.63, 3.8) is 0 Å². The van der Waals surface area contributed by atoms with Crippen LogP contribution in [0.3, 0.4) is 0 Å². The second kappa shape index (κ2) is 13.4. The highest BCUT2D eigenvalue weighted by Gasteiger charge is 2.24. The van der Waals surface area contributed by atoms with Gasteiger partial charge in [-0.3, -0.25) is 9.69 Å². The summed E-state index contributed by atoms with van der Waals surface area (Å²) < 4.78 is 11.1. The van der Waals surface area contributed by atoms with Crippen LogP contribution < -0.4 is 10.6 Å². The molecule has 0 saturated carbocycles. The Morgan fingerprint density at radius 3 is 2.52 bits per heavy atom. The molecule has 2 aromatic rings. The van der Waals surface area contributed by atoms with E-state index in [-0.39, 0.29) is 42.5 Å². The lowest BCUT2D eigenvalue weighted by Gasteiger charge is -2.33. The summed E-state index contributed by atoms with van der Waals surface area (Å²) in [4.78, 5) is 20.5. The van der Waals surface area contributed by atoms with Crippen molar-refractivity contribution in [2.24, 2.45) is 4.99 Å². The Hall–Kier alpha value is -2.01. The number of furan rings is 2. The Morgan fingerprint density at radius 1 is 1.13 bits per heavy atom. The van der Waals surface area contributed by atoms with Gasteiger partial charge in [-0.15, -0.1) is 24.0 Å². The Bertz CT molecular complexity index is 771. The summed E-state index contributed by atoms with van der Waals surface area (Å²) in [5.41, 5.74) is 0. The number of carbonyl (C=O) groups excluding carboxylic acids is 1. The molecule has 0 aromatic carbocycles. The number of piperidine rings is 1. The van der Waals surface area contributed by atoms with Crippen molar-refractivity contribution in [2.45, 2.75) is 31.7 Å². The van der Waals surface area contributed by atoms with E-state index in [0.29, 0.717) is 19.0 Å². The van der Waals surface area contributed by atoms with E-state index in [0.717, 1.165) is 31.0 Å². The quantitative estimate of drug-likeness (QED) is 0.288. The van der Waals surface area contributed by atoms with Crippen molar-refractivity contribution in [1.82, 2.24) is 20.4 Å². The van der Waals surface area contributed by atoms with Crippen molar-refractivity contribution in [1.29, 1.82) is 0 Å². The molecule has 0 bridgehead atoms. The molecule has 0 radical (unpaired) electrons. The number of halogens is 1. The first-order valence-corrected chi connectivity index (χ1v) is 10.7. The maximum atomic E-state index is 12.0. The van der Waals surface area contributed by atoms with Gasteiger partial charge in [0.05, 0.1) is 18.6 Å². The maximum Gasteiger partial charge on any atom is 0.243 e. The van der Waals surface area contributed by atoms with Crippen LogP contribution in [-0.4, -0.2) is 68.5 Å². The van der Waals surface area contributed by atoms with Crippen LogP contribution in [0, 0.1) is 0 Å². The number of likely N-dealkylation sites (tertiary alicyclic amines) is 1. The zero-order chi connectivity index (χ0) is 21.2. The lowest BCUT2D eigenvalue weighted by atomic mass is 10.1. The number of likely N-dealkylation sites (N-methyl/N-ethyl adjacent to an activating group) is 1. The summed E-state index contributed by atoms with van der Waals surface area (Å²) in [6.45, 7) is 3.52. The monoisotopic (exact) mass is 543 g/mol. The van der Waals surface area contributed by atoms with Crippen molar-refractivity contribution >= 4 is 35.8 Å². The van der Waals surface area contributed by atoms with Gasteiger partial charge >= 0.3 is 0 Å². The Kier molecular flexibility index (Phi) is 10.9. The Labute approximate surface area is 201 Å². The van der Waals surface area contributed by atoms with Crippen molar-refractivity contribution in [3.05, 3.63) is 48.3 Å². The normalized spacial score (nSPS) is 15.7. The van der Waals surface area contributed by atoms with Gasteiger partial charge in [0.1, 0.15) is 18.1 Å². The molecule has 1 aliphatic rings. The highest BCUT2D eigenvalue weighted by molar-refractivity contribution is 14.0. The molecule has 9 heteroatoms. The average Bonchev–Trinajstić information content (AvgIpc) is 3.46. The smallest absolute Gasteiger partial charge is 0.243 e. The summed E-state index contributed by atoms with van der Waals surface area (Å²) in [7, 11) is 3.47. The van der Waals surface area contributed by atoms with Crippen LogP contribution in [0.2, 0.25) is 0 Å². The van der Waals surface area contributed by atoms with Crippen molar-refractivity contribution < 1.29 is 13.6 Å². The zero-order valence-corrected chi connectivity index (χ0v) is 20.7. The van der Waals surface area contributed by atoms with Crippen LogP contribution in [0.1, 0.15) is 36.8 Å². The second-order valence-corrected chi connectivity index (χ2v) is 7.72. The van der Waals surface area contributed by atoms with Crippen LogP contribution in [-0.2, 0) is 11.2 Å². The standard InChI is InChI=1S/C22H33N5O3.HI/c1-26(2)21(28)17-25-22(23-11-10-18-8-6-14-29-18)24-16-19(20-9-7-15-30-20)27-12-4-3-5-13-27;/h6-9,14-15,19H,3-5,10-13,16-17H2,1-2H3,(H2,23,24,25);1H. The van der Waals surface area contributed by atoms with E-state index in [2.05, 4.69) is 20.5 Å². The minimum Gasteiger partial charge on any atom is -0.469 e. The molecule has 2 aromatic heterocycles. The van der Waals surface area contributed by atoms with Gasteiger partial charge in [-0.05, 0) is 50.2 Å². The molecule has 1 atom stereocenters. The third-order valence-electron chi connectivity index (χ3n) is 5.28. The molecule has 31 heavy (non-hydrogen) atoms. The molecule has 0 aliphatic carbocycles. The number of nitrogens with one attached hydrogen (secondary N) is 2. The van der Waals surface area contributed by atoms with Crippen molar-refractivity contribution in [3.8, 4) is 0 Å². The Balaban J connectivity index is 0.00000341. The van der Waals surface area contributed by atoms with Gasteiger partial charge < -0.3 is 24.4 Å². The molecule has 1 amide bonds. The number of aliphatic imine (C=N–C) groups is 1. The van der Waals surface area contributed by atoms with Gasteiger partial charge in [-0.2, -0.15) is 0 Å². The van der Waals surface area contributed by atoms with E-state index in [1.165, 1.54) is 19.3 Å². The molecule has 8 nitrogen and oxygen atoms in total. The highest BCUT2D eigenvalue weighted by atomic mass is 127. The molecule has 1 unspecified atom stereocenters. The fourth-order valence-corrected chi connectivity index (χ4v) is 3.54. The predicted octanol–water partition coefficient (Wildman–Crippen LogP) is 2.88. The molecule has 2 N–H and O–H groups in total. The minimum absolute atomic E-state index is 0. The van der Waals surface area contributed by atoms with E-state index in [4.69, 9.17) is 8.83 Å². The van der Waals surface area contributed by atoms with E-state index in [1.807, 2.05) is 24.3 Å². The summed E-state index contributed by atoms with van der Waals surface area (Å²) in [6, 6.07) is 7.91. The van der Waals surface area contributed by atoms with E-state index < -0.39 is 0 Å². The second-order valence-electron chi connectivity index (χ2n) is 7.72. The van der Waals surface area contributed by atoms with Crippen LogP contribution in [0.25, 0.3) is 0 Å². The predicted molar refractivity (Wildman–Crippen MR) is 132 cm³/mol. The summed E-state index contributed by atoms with van der Waals surface area (Å²) >= 11 is 0. The van der Waals surface area contributed by atoms with Crippen LogP contribution in [0.4, 0.5) is 0 Å². The van der Waals surface area contributed by atoms with Gasteiger partial charge in [0.15, 0.2) is 5.96 Å². The van der Waals surface area contributed by atoms with Gasteiger partial charge in [0.2, 0.25) is 5.91 Å². The topological polar surface area (TPSA) is 86.2 Å². The number of hydrogen-bond donors (Lipinski definition) is 2. The molecule has 1 saturated heterocycles. The van der Waals surface area contributed by atoms with Gasteiger partial charge in [0, 0.05) is 33.6 Å². The molecule has 1 aliphatic heterocycles. The van der Waals surface area contributed by atoms with E-state index in [9.17, 15) is 4.79 Å². The summed E-state index contributed by atoms with van der Waals surface area (Å²) in [6.07, 6.45) is 7.82. The van der Waals surface area contributed by atoms with Gasteiger partial charge in [-0.25, -0.2) is 4.99 Å². The van der Waals surface area contributed by atoms with Crippen LogP contribution >= 0.6 is 24.0 Å². The fraction of sp³-hybridized carbons (Fsp3) is 0.545. The molecule has 3 heterocycles. The largest absolute Gasteiger partial charge is 0.469 e. The fourth-order valence-electron chi connectivity index (χ4n) is 3.54. The highest BCUT2D eigenvalue weighted by Crippen LogP contribution is 2.24. The molecule has 0 spiro atoms. The minimum atomic E-state index is -0.0410. The van der Waals surface area contributed by atoms with Crippen LogP contribution in [0.5, 0.6) is 0 Å². The van der Waals surface area contributed by atoms with Crippen LogP contribution in [0.15, 0.2) is 50.6 Å². The number of amides is 1.